The molecule has 1 rings (SSSR count). The number of nitrogens with zero attached hydrogens (tertiary/aromatic N) is 1. The van der Waals surface area contributed by atoms with Crippen molar-refractivity contribution >= 4 is 11.8 Å². The first-order valence-corrected chi connectivity index (χ1v) is 6.95. The van der Waals surface area contributed by atoms with Crippen LogP contribution >= 0.6 is 11.8 Å². The van der Waals surface area contributed by atoms with Gasteiger partial charge < -0.3 is 5.32 Å². The Morgan fingerprint density at radius 3 is 3.00 bits per heavy atom. The molecule has 0 aliphatic rings. The van der Waals surface area contributed by atoms with Crippen molar-refractivity contribution in [2.24, 2.45) is 0 Å². The van der Waals surface area contributed by atoms with Gasteiger partial charge in [-0.1, -0.05) is 6.42 Å². The lowest BCUT2D eigenvalue weighted by atomic mass is 10.2. The van der Waals surface area contributed by atoms with Crippen molar-refractivity contribution in [3.63, 3.8) is 0 Å². The molecule has 2 N–H and O–H groups in total. The maximum absolute atomic E-state index is 3.94. The highest BCUT2D eigenvalue weighted by Crippen LogP contribution is 2.07. The van der Waals surface area contributed by atoms with E-state index in [1.165, 1.54) is 30.7 Å². The van der Waals surface area contributed by atoms with Crippen molar-refractivity contribution in [2.75, 3.05) is 18.6 Å². The number of hydrogen-bond acceptors (Lipinski definition) is 3. The van der Waals surface area contributed by atoms with Crippen molar-refractivity contribution in [1.29, 1.82) is 0 Å². The summed E-state index contributed by atoms with van der Waals surface area (Å²) >= 11 is 1.93. The monoisotopic (exact) mass is 227 g/mol. The van der Waals surface area contributed by atoms with Crippen molar-refractivity contribution in [3.8, 4) is 0 Å². The van der Waals surface area contributed by atoms with E-state index < -0.39 is 0 Å². The van der Waals surface area contributed by atoms with E-state index in [0.29, 0.717) is 6.04 Å². The van der Waals surface area contributed by atoms with E-state index in [1.54, 1.807) is 6.20 Å². The minimum Gasteiger partial charge on any atom is -0.309 e. The number of rotatable bonds is 8. The Morgan fingerprint density at radius 1 is 1.47 bits per heavy atom. The van der Waals surface area contributed by atoms with Crippen molar-refractivity contribution in [3.05, 3.63) is 18.0 Å². The van der Waals surface area contributed by atoms with E-state index in [2.05, 4.69) is 28.7 Å². The molecule has 1 heterocycles. The second kappa shape index (κ2) is 7.77. The van der Waals surface area contributed by atoms with Crippen LogP contribution in [0.4, 0.5) is 0 Å². The molecule has 1 aromatic rings. The minimum absolute atomic E-state index is 0.382. The molecular formula is C11H21N3S. The van der Waals surface area contributed by atoms with Crippen LogP contribution in [0.3, 0.4) is 0 Å². The predicted octanol–water partition coefficient (Wildman–Crippen LogP) is 2.59. The molecule has 0 saturated carbocycles. The molecule has 1 unspecified atom stereocenters. The van der Waals surface area contributed by atoms with E-state index in [4.69, 9.17) is 0 Å². The smallest absolute Gasteiger partial charge is 0.0518 e. The molecule has 3 nitrogen and oxygen atoms in total. The zero-order chi connectivity index (χ0) is 10.9. The van der Waals surface area contributed by atoms with E-state index in [0.717, 1.165) is 6.54 Å². The fraction of sp³-hybridized carbons (Fsp3) is 0.727. The fourth-order valence-corrected chi connectivity index (χ4v) is 1.98. The summed E-state index contributed by atoms with van der Waals surface area (Å²) in [5.41, 5.74) is 1.17. The molecule has 15 heavy (non-hydrogen) atoms. The highest BCUT2D eigenvalue weighted by atomic mass is 32.2. The van der Waals surface area contributed by atoms with Gasteiger partial charge in [0.15, 0.2) is 0 Å². The first-order chi connectivity index (χ1) is 7.34. The predicted molar refractivity (Wildman–Crippen MR) is 67.2 cm³/mol. The third-order valence-electron chi connectivity index (χ3n) is 2.46. The number of H-pyrrole nitrogens is 1. The van der Waals surface area contributed by atoms with Gasteiger partial charge in [0.1, 0.15) is 0 Å². The van der Waals surface area contributed by atoms with Gasteiger partial charge in [0.2, 0.25) is 0 Å². The molecule has 0 fully saturated rings. The van der Waals surface area contributed by atoms with Crippen LogP contribution in [-0.2, 0) is 0 Å². The van der Waals surface area contributed by atoms with Crippen molar-refractivity contribution < 1.29 is 0 Å². The van der Waals surface area contributed by atoms with Gasteiger partial charge in [0, 0.05) is 12.2 Å². The Labute approximate surface area is 96.4 Å². The van der Waals surface area contributed by atoms with Crippen LogP contribution in [0.25, 0.3) is 0 Å². The summed E-state index contributed by atoms with van der Waals surface area (Å²) in [4.78, 5) is 0. The number of aromatic amines is 1. The molecule has 1 atom stereocenters. The molecule has 4 heteroatoms. The average Bonchev–Trinajstić information content (AvgIpc) is 2.76. The molecule has 0 aliphatic carbocycles. The Balaban J connectivity index is 2.00. The van der Waals surface area contributed by atoms with E-state index in [-0.39, 0.29) is 0 Å². The third kappa shape index (κ3) is 5.23. The molecule has 0 radical (unpaired) electrons. The lowest BCUT2D eigenvalue weighted by Gasteiger charge is -2.11. The van der Waals surface area contributed by atoms with Crippen LogP contribution in [-0.4, -0.2) is 28.8 Å². The zero-order valence-electron chi connectivity index (χ0n) is 9.62. The Morgan fingerprint density at radius 2 is 2.33 bits per heavy atom. The molecule has 0 spiro atoms. The standard InChI is InChI=1S/C11H21N3S/c1-10(11-6-8-13-14-11)12-7-4-3-5-9-15-2/h6,8,10,12H,3-5,7,9H2,1-2H3,(H,13,14). The summed E-state index contributed by atoms with van der Waals surface area (Å²) in [6.45, 7) is 3.25. The van der Waals surface area contributed by atoms with Crippen molar-refractivity contribution in [1.82, 2.24) is 15.5 Å². The summed E-state index contributed by atoms with van der Waals surface area (Å²) in [6, 6.07) is 2.40. The van der Waals surface area contributed by atoms with Gasteiger partial charge in [0.25, 0.3) is 0 Å². The van der Waals surface area contributed by atoms with Crippen LogP contribution in [0.5, 0.6) is 0 Å². The molecule has 0 amide bonds. The van der Waals surface area contributed by atoms with Crippen LogP contribution < -0.4 is 5.32 Å². The SMILES string of the molecule is CSCCCCCNC(C)c1ccn[nH]1. The second-order valence-corrected chi connectivity index (χ2v) is 4.73. The normalized spacial score (nSPS) is 12.9. The number of unbranched alkanes of at least 4 members (excludes halogenated alkanes) is 2. The fourth-order valence-electron chi connectivity index (χ4n) is 1.48. The number of nitrogens with one attached hydrogen (secondary N) is 2. The highest BCUT2D eigenvalue weighted by molar-refractivity contribution is 7.98. The van der Waals surface area contributed by atoms with Crippen LogP contribution in [0.1, 0.15) is 37.9 Å². The lowest BCUT2D eigenvalue weighted by molar-refractivity contribution is 0.534. The summed E-state index contributed by atoms with van der Waals surface area (Å²) in [7, 11) is 0. The average molecular weight is 227 g/mol. The number of aromatic nitrogens is 2. The molecule has 0 bridgehead atoms. The number of hydrogen-bond donors (Lipinski definition) is 2. The van der Waals surface area contributed by atoms with Gasteiger partial charge in [-0.25, -0.2) is 0 Å². The number of thioether (sulfide) groups is 1. The van der Waals surface area contributed by atoms with Gasteiger partial charge in [-0.3, -0.25) is 5.10 Å². The minimum atomic E-state index is 0.382. The van der Waals surface area contributed by atoms with Crippen LogP contribution in [0, 0.1) is 0 Å². The van der Waals surface area contributed by atoms with Crippen LogP contribution in [0.15, 0.2) is 12.3 Å². The van der Waals surface area contributed by atoms with Gasteiger partial charge in [0.05, 0.1) is 5.69 Å². The van der Waals surface area contributed by atoms with E-state index in [9.17, 15) is 0 Å². The van der Waals surface area contributed by atoms with Gasteiger partial charge in [-0.05, 0) is 44.4 Å². The molecule has 86 valence electrons. The summed E-state index contributed by atoms with van der Waals surface area (Å²) in [6.07, 6.45) is 7.88. The topological polar surface area (TPSA) is 40.7 Å². The third-order valence-corrected chi connectivity index (χ3v) is 3.16. The molecule has 0 aliphatic heterocycles. The maximum Gasteiger partial charge on any atom is 0.0518 e. The summed E-state index contributed by atoms with van der Waals surface area (Å²) in [5.74, 6) is 1.29. The summed E-state index contributed by atoms with van der Waals surface area (Å²) < 4.78 is 0. The maximum atomic E-state index is 3.94. The zero-order valence-corrected chi connectivity index (χ0v) is 10.4. The molecule has 0 aromatic carbocycles. The quantitative estimate of drug-likeness (QED) is 0.671. The highest BCUT2D eigenvalue weighted by Gasteiger charge is 2.04. The van der Waals surface area contributed by atoms with Gasteiger partial charge in [-0.2, -0.15) is 16.9 Å². The molecule has 1 aromatic heterocycles. The lowest BCUT2D eigenvalue weighted by Crippen LogP contribution is -2.20. The summed E-state index contributed by atoms with van der Waals surface area (Å²) in [5, 5.41) is 10.4. The van der Waals surface area contributed by atoms with Gasteiger partial charge in [-0.15, -0.1) is 0 Å². The van der Waals surface area contributed by atoms with E-state index >= 15 is 0 Å². The Bertz CT molecular complexity index is 236. The molecule has 0 saturated heterocycles. The van der Waals surface area contributed by atoms with E-state index in [1.807, 2.05) is 17.8 Å². The second-order valence-electron chi connectivity index (χ2n) is 3.74. The largest absolute Gasteiger partial charge is 0.309 e. The van der Waals surface area contributed by atoms with Gasteiger partial charge >= 0.3 is 0 Å². The van der Waals surface area contributed by atoms with Crippen LogP contribution in [0.2, 0.25) is 0 Å². The first-order valence-electron chi connectivity index (χ1n) is 5.56. The Hall–Kier alpha value is -0.480. The Kier molecular flexibility index (Phi) is 6.52. The van der Waals surface area contributed by atoms with Crippen molar-refractivity contribution in [2.45, 2.75) is 32.2 Å². The molecular weight excluding hydrogens is 206 g/mol. The first kappa shape index (κ1) is 12.6.